The Morgan fingerprint density at radius 2 is 2.55 bits per heavy atom. The zero-order chi connectivity index (χ0) is 8.10. The summed E-state index contributed by atoms with van der Waals surface area (Å²) in [6.07, 6.45) is 1.35. The molecule has 2 nitrogen and oxygen atoms in total. The first-order valence-corrected chi connectivity index (χ1v) is 4.71. The average molecular weight is 185 g/mol. The normalized spacial score (nSPS) is 10.5. The Kier molecular flexibility index (Phi) is 3.19. The Bertz CT molecular complexity index is 253. The second-order valence-corrected chi connectivity index (χ2v) is 3.91. The minimum absolute atomic E-state index is 0.408. The molecular formula is C7H7NOS2. The van der Waals surface area contributed by atoms with Gasteiger partial charge in [-0.15, -0.1) is 11.3 Å². The first kappa shape index (κ1) is 8.36. The molecule has 0 saturated carbocycles. The fourth-order valence-corrected chi connectivity index (χ4v) is 2.00. The van der Waals surface area contributed by atoms with E-state index < -0.39 is 5.91 Å². The van der Waals surface area contributed by atoms with Crippen molar-refractivity contribution < 1.29 is 4.79 Å². The smallest absolute Gasteiger partial charge is 0.241 e. The van der Waals surface area contributed by atoms with Gasteiger partial charge in [0.25, 0.3) is 0 Å². The zero-order valence-electron chi connectivity index (χ0n) is 5.69. The second kappa shape index (κ2) is 4.20. The van der Waals surface area contributed by atoms with Crippen LogP contribution in [-0.4, -0.2) is 5.91 Å². The van der Waals surface area contributed by atoms with Crippen molar-refractivity contribution in [3.8, 4) is 0 Å². The lowest BCUT2D eigenvalue weighted by Crippen LogP contribution is -2.04. The van der Waals surface area contributed by atoms with Crippen molar-refractivity contribution in [1.82, 2.24) is 0 Å². The highest BCUT2D eigenvalue weighted by atomic mass is 32.2. The molecular weight excluding hydrogens is 178 g/mol. The van der Waals surface area contributed by atoms with Crippen LogP contribution >= 0.6 is 23.1 Å². The van der Waals surface area contributed by atoms with Gasteiger partial charge in [0, 0.05) is 6.08 Å². The zero-order valence-corrected chi connectivity index (χ0v) is 7.32. The molecule has 1 amide bonds. The molecule has 0 aliphatic carbocycles. The summed E-state index contributed by atoms with van der Waals surface area (Å²) in [6.45, 7) is 0. The van der Waals surface area contributed by atoms with Crippen molar-refractivity contribution in [3.63, 3.8) is 0 Å². The molecule has 0 aliphatic heterocycles. The second-order valence-electron chi connectivity index (χ2n) is 1.76. The molecule has 1 heterocycles. The van der Waals surface area contributed by atoms with Crippen LogP contribution in [0.2, 0.25) is 0 Å². The van der Waals surface area contributed by atoms with E-state index >= 15 is 0 Å². The number of carbonyl (C=O) groups excluding carboxylic acids is 1. The number of carbonyl (C=O) groups is 1. The molecule has 1 rings (SSSR count). The van der Waals surface area contributed by atoms with Gasteiger partial charge in [-0.1, -0.05) is 17.8 Å². The predicted octanol–water partition coefficient (Wildman–Crippen LogP) is 1.84. The predicted molar refractivity (Wildman–Crippen MR) is 48.5 cm³/mol. The van der Waals surface area contributed by atoms with Gasteiger partial charge in [-0.05, 0) is 16.9 Å². The number of thiophene rings is 1. The minimum atomic E-state index is -0.408. The van der Waals surface area contributed by atoms with E-state index in [-0.39, 0.29) is 0 Å². The highest BCUT2D eigenvalue weighted by Gasteiger charge is 1.89. The van der Waals surface area contributed by atoms with Gasteiger partial charge in [0.05, 0.1) is 4.21 Å². The molecule has 0 bridgehead atoms. The molecule has 0 aliphatic rings. The summed E-state index contributed by atoms with van der Waals surface area (Å²) in [4.78, 5) is 10.3. The Hall–Kier alpha value is -0.740. The lowest BCUT2D eigenvalue weighted by atomic mass is 10.6. The van der Waals surface area contributed by atoms with Crippen LogP contribution in [0.4, 0.5) is 0 Å². The van der Waals surface area contributed by atoms with E-state index in [1.165, 1.54) is 17.8 Å². The van der Waals surface area contributed by atoms with E-state index in [0.717, 1.165) is 4.21 Å². The quantitative estimate of drug-likeness (QED) is 0.576. The lowest BCUT2D eigenvalue weighted by Gasteiger charge is -1.84. The number of nitrogens with two attached hydrogens (primary N) is 1. The Morgan fingerprint density at radius 1 is 1.73 bits per heavy atom. The van der Waals surface area contributed by atoms with E-state index in [2.05, 4.69) is 0 Å². The molecule has 0 radical (unpaired) electrons. The van der Waals surface area contributed by atoms with Crippen molar-refractivity contribution in [2.75, 3.05) is 0 Å². The fourth-order valence-electron chi connectivity index (χ4n) is 0.499. The van der Waals surface area contributed by atoms with Crippen LogP contribution in [-0.2, 0) is 4.79 Å². The largest absolute Gasteiger partial charge is 0.366 e. The summed E-state index contributed by atoms with van der Waals surface area (Å²) >= 11 is 3.13. The highest BCUT2D eigenvalue weighted by molar-refractivity contribution is 8.03. The molecule has 11 heavy (non-hydrogen) atoms. The number of primary amides is 1. The summed E-state index contributed by atoms with van der Waals surface area (Å²) in [6, 6.07) is 3.95. The van der Waals surface area contributed by atoms with Crippen LogP contribution in [0.1, 0.15) is 0 Å². The fraction of sp³-hybridized carbons (Fsp3) is 0. The molecule has 0 saturated heterocycles. The van der Waals surface area contributed by atoms with Crippen molar-refractivity contribution >= 4 is 29.0 Å². The van der Waals surface area contributed by atoms with Gasteiger partial charge in [-0.3, -0.25) is 4.79 Å². The van der Waals surface area contributed by atoms with Gasteiger partial charge in [0.1, 0.15) is 0 Å². The van der Waals surface area contributed by atoms with Crippen LogP contribution in [0, 0.1) is 0 Å². The first-order valence-electron chi connectivity index (χ1n) is 2.95. The Balaban J connectivity index is 2.40. The van der Waals surface area contributed by atoms with Gasteiger partial charge >= 0.3 is 0 Å². The van der Waals surface area contributed by atoms with Crippen molar-refractivity contribution in [2.24, 2.45) is 5.73 Å². The molecule has 0 fully saturated rings. The van der Waals surface area contributed by atoms with Gasteiger partial charge in [-0.25, -0.2) is 0 Å². The van der Waals surface area contributed by atoms with Gasteiger partial charge in [0.15, 0.2) is 0 Å². The van der Waals surface area contributed by atoms with E-state index in [9.17, 15) is 4.79 Å². The minimum Gasteiger partial charge on any atom is -0.366 e. The maximum Gasteiger partial charge on any atom is 0.241 e. The summed E-state index contributed by atoms with van der Waals surface area (Å²) in [5.41, 5.74) is 4.90. The van der Waals surface area contributed by atoms with Crippen LogP contribution < -0.4 is 5.73 Å². The third kappa shape index (κ3) is 3.25. The monoisotopic (exact) mass is 185 g/mol. The third-order valence-electron chi connectivity index (χ3n) is 0.912. The van der Waals surface area contributed by atoms with Crippen molar-refractivity contribution in [1.29, 1.82) is 0 Å². The summed E-state index contributed by atoms with van der Waals surface area (Å²) in [5, 5.41) is 3.68. The number of thioether (sulfide) groups is 1. The number of rotatable bonds is 3. The standard InChI is InChI=1S/C7H7NOS2/c8-6(9)3-5-11-7-2-1-4-10-7/h1-5H,(H2,8,9)/b5-3-. The SMILES string of the molecule is NC(=O)/C=C\Sc1cccs1. The van der Waals surface area contributed by atoms with E-state index in [1.807, 2.05) is 17.5 Å². The molecule has 0 aromatic carbocycles. The van der Waals surface area contributed by atoms with E-state index in [1.54, 1.807) is 16.7 Å². The molecule has 0 unspecified atom stereocenters. The Labute approximate surface area is 73.1 Å². The average Bonchev–Trinajstić information content (AvgIpc) is 2.39. The third-order valence-corrected chi connectivity index (χ3v) is 2.79. The summed E-state index contributed by atoms with van der Waals surface area (Å²) < 4.78 is 1.16. The maximum absolute atomic E-state index is 10.3. The number of hydrogen-bond acceptors (Lipinski definition) is 3. The van der Waals surface area contributed by atoms with Crippen LogP contribution in [0.3, 0.4) is 0 Å². The van der Waals surface area contributed by atoms with Gasteiger partial charge < -0.3 is 5.73 Å². The number of amides is 1. The highest BCUT2D eigenvalue weighted by Crippen LogP contribution is 2.23. The molecule has 1 aromatic heterocycles. The molecule has 2 N–H and O–H groups in total. The first-order chi connectivity index (χ1) is 5.29. The van der Waals surface area contributed by atoms with E-state index in [0.29, 0.717) is 0 Å². The van der Waals surface area contributed by atoms with E-state index in [4.69, 9.17) is 5.73 Å². The van der Waals surface area contributed by atoms with Gasteiger partial charge in [-0.2, -0.15) is 0 Å². The molecule has 58 valence electrons. The summed E-state index contributed by atoms with van der Waals surface area (Å²) in [5.74, 6) is -0.408. The Morgan fingerprint density at radius 3 is 3.09 bits per heavy atom. The maximum atomic E-state index is 10.3. The van der Waals surface area contributed by atoms with Crippen LogP contribution in [0.25, 0.3) is 0 Å². The summed E-state index contributed by atoms with van der Waals surface area (Å²) in [7, 11) is 0. The lowest BCUT2D eigenvalue weighted by molar-refractivity contribution is -0.113. The number of hydrogen-bond donors (Lipinski definition) is 1. The molecule has 1 aromatic rings. The molecule has 4 heteroatoms. The van der Waals surface area contributed by atoms with Crippen molar-refractivity contribution in [3.05, 3.63) is 29.0 Å². The van der Waals surface area contributed by atoms with Crippen LogP contribution in [0.5, 0.6) is 0 Å². The van der Waals surface area contributed by atoms with Crippen molar-refractivity contribution in [2.45, 2.75) is 4.21 Å². The van der Waals surface area contributed by atoms with Crippen LogP contribution in [0.15, 0.2) is 33.2 Å². The topological polar surface area (TPSA) is 43.1 Å². The molecule has 0 atom stereocenters. The van der Waals surface area contributed by atoms with Gasteiger partial charge in [0.2, 0.25) is 5.91 Å². The molecule has 0 spiro atoms.